The summed E-state index contributed by atoms with van der Waals surface area (Å²) in [7, 11) is 2.02. The van der Waals surface area contributed by atoms with E-state index in [1.165, 1.54) is 11.3 Å². The number of hydrogen-bond donors (Lipinski definition) is 1. The van der Waals surface area contributed by atoms with Crippen molar-refractivity contribution in [2.45, 2.75) is 25.8 Å². The van der Waals surface area contributed by atoms with Gasteiger partial charge in [-0.1, -0.05) is 19.1 Å². The van der Waals surface area contributed by atoms with Crippen LogP contribution in [0.5, 0.6) is 0 Å². The molecule has 3 heteroatoms. The van der Waals surface area contributed by atoms with Crippen LogP contribution in [0.4, 0.5) is 5.69 Å². The van der Waals surface area contributed by atoms with E-state index in [0.717, 1.165) is 39.1 Å². The van der Waals surface area contributed by atoms with Crippen molar-refractivity contribution in [1.29, 1.82) is 0 Å². The van der Waals surface area contributed by atoms with E-state index in [2.05, 4.69) is 41.4 Å². The van der Waals surface area contributed by atoms with E-state index in [1.807, 2.05) is 7.05 Å². The Morgan fingerprint density at radius 1 is 1.22 bits per heavy atom. The van der Waals surface area contributed by atoms with Crippen LogP contribution in [0.25, 0.3) is 0 Å². The molecule has 100 valence electrons. The molecule has 1 unspecified atom stereocenters. The van der Waals surface area contributed by atoms with Crippen LogP contribution in [0.1, 0.15) is 31.4 Å². The van der Waals surface area contributed by atoms with E-state index in [0.29, 0.717) is 6.04 Å². The highest BCUT2D eigenvalue weighted by Gasteiger charge is 2.11. The standard InChI is InChI=1S/C15H24N2O/c1-3-15(16-2)13-5-7-14(8-6-13)17-9-4-11-18-12-10-17/h5-8,15-16H,3-4,9-12H2,1-2H3. The first-order valence-electron chi connectivity index (χ1n) is 6.95. The van der Waals surface area contributed by atoms with Crippen molar-refractivity contribution in [3.8, 4) is 0 Å². The highest BCUT2D eigenvalue weighted by atomic mass is 16.5. The zero-order chi connectivity index (χ0) is 12.8. The van der Waals surface area contributed by atoms with Gasteiger partial charge in [-0.25, -0.2) is 0 Å². The van der Waals surface area contributed by atoms with Crippen LogP contribution in [0.3, 0.4) is 0 Å². The molecular weight excluding hydrogens is 224 g/mol. The normalized spacial score (nSPS) is 18.4. The summed E-state index contributed by atoms with van der Waals surface area (Å²) in [4.78, 5) is 2.41. The molecule has 1 fully saturated rings. The molecule has 0 aliphatic carbocycles. The Hall–Kier alpha value is -1.06. The molecule has 1 N–H and O–H groups in total. The molecule has 1 atom stereocenters. The SMILES string of the molecule is CCC(NC)c1ccc(N2CCCOCC2)cc1. The predicted molar refractivity (Wildman–Crippen MR) is 76.2 cm³/mol. The first-order chi connectivity index (χ1) is 8.85. The molecule has 0 spiro atoms. The van der Waals surface area contributed by atoms with Crippen LogP contribution >= 0.6 is 0 Å². The summed E-state index contributed by atoms with van der Waals surface area (Å²) in [5, 5.41) is 3.34. The van der Waals surface area contributed by atoms with Gasteiger partial charge in [-0.15, -0.1) is 0 Å². The highest BCUT2D eigenvalue weighted by molar-refractivity contribution is 5.48. The number of nitrogens with zero attached hydrogens (tertiary/aromatic N) is 1. The highest BCUT2D eigenvalue weighted by Crippen LogP contribution is 2.21. The Morgan fingerprint density at radius 3 is 2.67 bits per heavy atom. The molecule has 0 aromatic heterocycles. The van der Waals surface area contributed by atoms with E-state index in [4.69, 9.17) is 4.74 Å². The van der Waals surface area contributed by atoms with E-state index >= 15 is 0 Å². The van der Waals surface area contributed by atoms with Crippen LogP contribution < -0.4 is 10.2 Å². The number of rotatable bonds is 4. The third kappa shape index (κ3) is 3.24. The lowest BCUT2D eigenvalue weighted by atomic mass is 10.0. The van der Waals surface area contributed by atoms with Crippen LogP contribution in [0.15, 0.2) is 24.3 Å². The number of benzene rings is 1. The van der Waals surface area contributed by atoms with Crippen molar-refractivity contribution in [2.24, 2.45) is 0 Å². The molecule has 1 aliphatic rings. The largest absolute Gasteiger partial charge is 0.380 e. The smallest absolute Gasteiger partial charge is 0.0641 e. The summed E-state index contributed by atoms with van der Waals surface area (Å²) < 4.78 is 5.49. The van der Waals surface area contributed by atoms with Crippen molar-refractivity contribution in [3.05, 3.63) is 29.8 Å². The summed E-state index contributed by atoms with van der Waals surface area (Å²) in [6.07, 6.45) is 2.24. The van der Waals surface area contributed by atoms with Crippen LogP contribution in [-0.4, -0.2) is 33.4 Å². The number of nitrogens with one attached hydrogen (secondary N) is 1. The second-order valence-electron chi connectivity index (χ2n) is 4.79. The van der Waals surface area contributed by atoms with E-state index in [1.54, 1.807) is 0 Å². The number of anilines is 1. The Kier molecular flexibility index (Phi) is 5.02. The number of ether oxygens (including phenoxy) is 1. The summed E-state index contributed by atoms with van der Waals surface area (Å²) in [5.74, 6) is 0. The van der Waals surface area contributed by atoms with Crippen molar-refractivity contribution in [1.82, 2.24) is 5.32 Å². The summed E-state index contributed by atoms with van der Waals surface area (Å²) in [6.45, 7) is 6.05. The molecule has 0 amide bonds. The second kappa shape index (κ2) is 6.76. The van der Waals surface area contributed by atoms with Gasteiger partial charge >= 0.3 is 0 Å². The van der Waals surface area contributed by atoms with Gasteiger partial charge < -0.3 is 15.0 Å². The maximum Gasteiger partial charge on any atom is 0.0641 e. The molecule has 1 aromatic rings. The van der Waals surface area contributed by atoms with Gasteiger partial charge in [-0.2, -0.15) is 0 Å². The Balaban J connectivity index is 2.06. The molecule has 1 aliphatic heterocycles. The van der Waals surface area contributed by atoms with Gasteiger partial charge in [0.15, 0.2) is 0 Å². The fourth-order valence-corrected chi connectivity index (χ4v) is 2.53. The molecule has 0 bridgehead atoms. The molecule has 1 saturated heterocycles. The molecule has 2 rings (SSSR count). The molecule has 3 nitrogen and oxygen atoms in total. The Bertz CT molecular complexity index is 338. The van der Waals surface area contributed by atoms with Gasteiger partial charge in [-0.05, 0) is 37.6 Å². The molecule has 0 radical (unpaired) electrons. The monoisotopic (exact) mass is 248 g/mol. The zero-order valence-electron chi connectivity index (χ0n) is 11.5. The maximum atomic E-state index is 5.49. The lowest BCUT2D eigenvalue weighted by Gasteiger charge is -2.23. The minimum absolute atomic E-state index is 0.464. The fourth-order valence-electron chi connectivity index (χ4n) is 2.53. The minimum Gasteiger partial charge on any atom is -0.380 e. The predicted octanol–water partition coefficient (Wildman–Crippen LogP) is 2.58. The minimum atomic E-state index is 0.464. The number of hydrogen-bond acceptors (Lipinski definition) is 3. The van der Waals surface area contributed by atoms with E-state index in [9.17, 15) is 0 Å². The van der Waals surface area contributed by atoms with Crippen molar-refractivity contribution in [3.63, 3.8) is 0 Å². The first-order valence-corrected chi connectivity index (χ1v) is 6.95. The Labute approximate surface area is 110 Å². The molecular formula is C15H24N2O. The first kappa shape index (κ1) is 13.4. The molecule has 1 aromatic carbocycles. The van der Waals surface area contributed by atoms with Crippen molar-refractivity contribution in [2.75, 3.05) is 38.3 Å². The van der Waals surface area contributed by atoms with Gasteiger partial charge in [0, 0.05) is 31.4 Å². The summed E-state index contributed by atoms with van der Waals surface area (Å²) >= 11 is 0. The lowest BCUT2D eigenvalue weighted by molar-refractivity contribution is 0.152. The van der Waals surface area contributed by atoms with Crippen molar-refractivity contribution < 1.29 is 4.74 Å². The van der Waals surface area contributed by atoms with E-state index in [-0.39, 0.29) is 0 Å². The van der Waals surface area contributed by atoms with Crippen LogP contribution in [-0.2, 0) is 4.74 Å². The lowest BCUT2D eigenvalue weighted by Crippen LogP contribution is -2.25. The van der Waals surface area contributed by atoms with Gasteiger partial charge in [0.2, 0.25) is 0 Å². The van der Waals surface area contributed by atoms with Crippen molar-refractivity contribution >= 4 is 5.69 Å². The fraction of sp³-hybridized carbons (Fsp3) is 0.600. The average molecular weight is 248 g/mol. The van der Waals surface area contributed by atoms with Gasteiger partial charge in [0.05, 0.1) is 6.61 Å². The third-order valence-corrected chi connectivity index (χ3v) is 3.64. The van der Waals surface area contributed by atoms with Gasteiger partial charge in [-0.3, -0.25) is 0 Å². The topological polar surface area (TPSA) is 24.5 Å². The second-order valence-corrected chi connectivity index (χ2v) is 4.79. The Morgan fingerprint density at radius 2 is 2.00 bits per heavy atom. The van der Waals surface area contributed by atoms with Gasteiger partial charge in [0.1, 0.15) is 0 Å². The van der Waals surface area contributed by atoms with E-state index < -0.39 is 0 Å². The van der Waals surface area contributed by atoms with Crippen LogP contribution in [0, 0.1) is 0 Å². The van der Waals surface area contributed by atoms with Gasteiger partial charge in [0.25, 0.3) is 0 Å². The quantitative estimate of drug-likeness (QED) is 0.886. The molecule has 18 heavy (non-hydrogen) atoms. The third-order valence-electron chi connectivity index (χ3n) is 3.64. The molecule has 0 saturated carbocycles. The molecule has 1 heterocycles. The summed E-state index contributed by atoms with van der Waals surface area (Å²) in [5.41, 5.74) is 2.69. The maximum absolute atomic E-state index is 5.49. The zero-order valence-corrected chi connectivity index (χ0v) is 11.5. The van der Waals surface area contributed by atoms with Crippen LogP contribution in [0.2, 0.25) is 0 Å². The average Bonchev–Trinajstić information content (AvgIpc) is 2.70. The summed E-state index contributed by atoms with van der Waals surface area (Å²) in [6, 6.07) is 9.42.